The number of nitrogens with zero attached hydrogens (tertiary/aromatic N) is 3. The summed E-state index contributed by atoms with van der Waals surface area (Å²) in [5.41, 5.74) is 3.67. The Morgan fingerprint density at radius 2 is 1.57 bits per heavy atom. The number of aryl methyl sites for hydroxylation is 1. The third-order valence-electron chi connectivity index (χ3n) is 6.30. The number of hydrogen-bond acceptors (Lipinski definition) is 7. The van der Waals surface area contributed by atoms with E-state index >= 15 is 0 Å². The Kier molecular flexibility index (Phi) is 7.03. The molecule has 0 radical (unpaired) electrons. The maximum Gasteiger partial charge on any atom is 0.264 e. The summed E-state index contributed by atoms with van der Waals surface area (Å²) in [4.78, 5) is 3.53. The molecule has 0 fully saturated rings. The first-order chi connectivity index (χ1) is 19.1. The van der Waals surface area contributed by atoms with E-state index in [9.17, 15) is 17.2 Å². The fraction of sp³-hybridized carbons (Fsp3) is 0.143. The molecular weight excluding hydrogens is 542 g/mol. The zero-order valence-electron chi connectivity index (χ0n) is 21.9. The van der Waals surface area contributed by atoms with Crippen molar-refractivity contribution in [1.82, 2.24) is 14.8 Å². The molecular formula is C28H24F2N4O5S. The van der Waals surface area contributed by atoms with Crippen LogP contribution in [0, 0.1) is 11.6 Å². The van der Waals surface area contributed by atoms with E-state index in [1.165, 1.54) is 19.4 Å². The highest BCUT2D eigenvalue weighted by molar-refractivity contribution is 7.92. The smallest absolute Gasteiger partial charge is 0.264 e. The number of anilines is 1. The maximum atomic E-state index is 14.3. The average Bonchev–Trinajstić information content (AvgIpc) is 3.26. The van der Waals surface area contributed by atoms with E-state index in [4.69, 9.17) is 14.2 Å². The van der Waals surface area contributed by atoms with Crippen LogP contribution in [0.1, 0.15) is 0 Å². The standard InChI is InChI=1S/C28H24F2N4O5S/c1-34-27(17-6-9-24(37-2)25(13-17)38-3)20-11-16(5-8-22(20)32-34)18-12-23(28(39-4)31-15-18)33-40(35,36)26-10-7-19(29)14-21(26)30/h5-15,33H,1-4H3. The van der Waals surface area contributed by atoms with Gasteiger partial charge in [-0.25, -0.2) is 22.2 Å². The van der Waals surface area contributed by atoms with Gasteiger partial charge in [0.1, 0.15) is 22.2 Å². The molecule has 206 valence electrons. The zero-order chi connectivity index (χ0) is 28.6. The molecule has 0 unspecified atom stereocenters. The second-order valence-electron chi connectivity index (χ2n) is 8.73. The van der Waals surface area contributed by atoms with Crippen LogP contribution in [0.2, 0.25) is 0 Å². The van der Waals surface area contributed by atoms with Crippen LogP contribution in [0.25, 0.3) is 33.3 Å². The van der Waals surface area contributed by atoms with E-state index in [1.807, 2.05) is 43.4 Å². The quantitative estimate of drug-likeness (QED) is 0.268. The van der Waals surface area contributed by atoms with E-state index in [-0.39, 0.29) is 11.6 Å². The summed E-state index contributed by atoms with van der Waals surface area (Å²) in [7, 11) is 1.87. The molecule has 5 rings (SSSR count). The van der Waals surface area contributed by atoms with Gasteiger partial charge in [-0.3, -0.25) is 9.40 Å². The summed E-state index contributed by atoms with van der Waals surface area (Å²) in [5, 5.41) is 5.45. The lowest BCUT2D eigenvalue weighted by Crippen LogP contribution is -2.15. The number of sulfonamides is 1. The second-order valence-corrected chi connectivity index (χ2v) is 10.4. The number of nitrogens with one attached hydrogen (secondary N) is 1. The molecule has 0 aliphatic heterocycles. The van der Waals surface area contributed by atoms with Crippen LogP contribution >= 0.6 is 0 Å². The highest BCUT2D eigenvalue weighted by Crippen LogP contribution is 2.37. The Morgan fingerprint density at radius 1 is 0.825 bits per heavy atom. The first-order valence-electron chi connectivity index (χ1n) is 11.9. The third-order valence-corrected chi connectivity index (χ3v) is 7.69. The highest BCUT2D eigenvalue weighted by Gasteiger charge is 2.23. The molecule has 5 aromatic rings. The highest BCUT2D eigenvalue weighted by atomic mass is 32.2. The van der Waals surface area contributed by atoms with Crippen LogP contribution in [0.15, 0.2) is 71.8 Å². The summed E-state index contributed by atoms with van der Waals surface area (Å²) in [6, 6.07) is 14.9. The number of halogens is 2. The predicted octanol–water partition coefficient (Wildman–Crippen LogP) is 5.41. The van der Waals surface area contributed by atoms with Crippen LogP contribution in [-0.2, 0) is 17.1 Å². The lowest BCUT2D eigenvalue weighted by molar-refractivity contribution is 0.355. The van der Waals surface area contributed by atoms with Gasteiger partial charge in [-0.2, -0.15) is 5.10 Å². The van der Waals surface area contributed by atoms with Gasteiger partial charge in [0.25, 0.3) is 10.0 Å². The predicted molar refractivity (Wildman–Crippen MR) is 146 cm³/mol. The van der Waals surface area contributed by atoms with Gasteiger partial charge >= 0.3 is 0 Å². The van der Waals surface area contributed by atoms with Crippen molar-refractivity contribution in [3.63, 3.8) is 0 Å². The molecule has 0 aliphatic carbocycles. The van der Waals surface area contributed by atoms with E-state index in [0.29, 0.717) is 28.7 Å². The molecule has 0 bridgehead atoms. The number of fused-ring (bicyclic) bond motifs is 1. The van der Waals surface area contributed by atoms with Crippen molar-refractivity contribution in [1.29, 1.82) is 0 Å². The van der Waals surface area contributed by atoms with Gasteiger partial charge in [-0.05, 0) is 54.1 Å². The lowest BCUT2D eigenvalue weighted by Gasteiger charge is -2.13. The van der Waals surface area contributed by atoms with E-state index in [1.54, 1.807) is 18.9 Å². The van der Waals surface area contributed by atoms with Crippen LogP contribution in [0.3, 0.4) is 0 Å². The van der Waals surface area contributed by atoms with Gasteiger partial charge < -0.3 is 14.2 Å². The van der Waals surface area contributed by atoms with Gasteiger partial charge in [0.2, 0.25) is 5.88 Å². The van der Waals surface area contributed by atoms with Gasteiger partial charge in [-0.15, -0.1) is 0 Å². The fourth-order valence-electron chi connectivity index (χ4n) is 4.44. The summed E-state index contributed by atoms with van der Waals surface area (Å²) < 4.78 is 73.6. The van der Waals surface area contributed by atoms with E-state index in [0.717, 1.165) is 34.3 Å². The minimum absolute atomic E-state index is 0.0184. The summed E-state index contributed by atoms with van der Waals surface area (Å²) in [6.45, 7) is 0. The molecule has 2 aromatic heterocycles. The number of hydrogen-bond donors (Lipinski definition) is 1. The van der Waals surface area contributed by atoms with Crippen molar-refractivity contribution in [3.8, 4) is 39.8 Å². The number of aromatic nitrogens is 3. The maximum absolute atomic E-state index is 14.3. The van der Waals surface area contributed by atoms with Crippen LogP contribution in [0.5, 0.6) is 17.4 Å². The Hall–Kier alpha value is -4.71. The monoisotopic (exact) mass is 566 g/mol. The molecule has 3 aromatic carbocycles. The van der Waals surface area contributed by atoms with Crippen molar-refractivity contribution in [2.45, 2.75) is 4.90 Å². The number of benzene rings is 3. The molecule has 40 heavy (non-hydrogen) atoms. The Bertz CT molecular complexity index is 1860. The molecule has 0 amide bonds. The molecule has 0 atom stereocenters. The summed E-state index contributed by atoms with van der Waals surface area (Å²) >= 11 is 0. The lowest BCUT2D eigenvalue weighted by atomic mass is 10.0. The number of methoxy groups -OCH3 is 3. The normalized spacial score (nSPS) is 11.4. The molecule has 0 saturated heterocycles. The number of rotatable bonds is 8. The van der Waals surface area contributed by atoms with Crippen LogP contribution in [-0.4, -0.2) is 44.5 Å². The second kappa shape index (κ2) is 10.5. The SMILES string of the molecule is COc1ccc(-c2c3cc(-c4cnc(OC)c(NS(=O)(=O)c5ccc(F)cc5F)c4)ccc3nn2C)cc1OC. The Morgan fingerprint density at radius 3 is 2.27 bits per heavy atom. The van der Waals surface area contributed by atoms with Crippen molar-refractivity contribution in [3.05, 3.63) is 78.5 Å². The fourth-order valence-corrected chi connectivity index (χ4v) is 5.55. The minimum Gasteiger partial charge on any atom is -0.493 e. The topological polar surface area (TPSA) is 105 Å². The summed E-state index contributed by atoms with van der Waals surface area (Å²) in [5.74, 6) is -0.975. The van der Waals surface area contributed by atoms with Gasteiger partial charge in [0.05, 0.1) is 32.5 Å². The van der Waals surface area contributed by atoms with Gasteiger partial charge in [0.15, 0.2) is 11.5 Å². The van der Waals surface area contributed by atoms with Crippen LogP contribution < -0.4 is 18.9 Å². The van der Waals surface area contributed by atoms with Crippen molar-refractivity contribution in [2.24, 2.45) is 7.05 Å². The van der Waals surface area contributed by atoms with E-state index in [2.05, 4.69) is 14.8 Å². The molecule has 0 saturated carbocycles. The first kappa shape index (κ1) is 26.9. The van der Waals surface area contributed by atoms with Gasteiger partial charge in [-0.1, -0.05) is 6.07 Å². The van der Waals surface area contributed by atoms with Crippen molar-refractivity contribution in [2.75, 3.05) is 26.1 Å². The zero-order valence-corrected chi connectivity index (χ0v) is 22.7. The Balaban J connectivity index is 1.58. The van der Waals surface area contributed by atoms with E-state index < -0.39 is 26.6 Å². The molecule has 2 heterocycles. The largest absolute Gasteiger partial charge is 0.493 e. The van der Waals surface area contributed by atoms with Crippen molar-refractivity contribution >= 4 is 26.6 Å². The third kappa shape index (κ3) is 4.89. The van der Waals surface area contributed by atoms with Crippen molar-refractivity contribution < 1.29 is 31.4 Å². The average molecular weight is 567 g/mol. The molecule has 12 heteroatoms. The summed E-state index contributed by atoms with van der Waals surface area (Å²) in [6.07, 6.45) is 1.53. The minimum atomic E-state index is -4.43. The molecule has 1 N–H and O–H groups in total. The molecule has 0 aliphatic rings. The molecule has 9 nitrogen and oxygen atoms in total. The number of pyridine rings is 1. The molecule has 0 spiro atoms. The number of ether oxygens (including phenoxy) is 3. The first-order valence-corrected chi connectivity index (χ1v) is 13.3. The van der Waals surface area contributed by atoms with Crippen LogP contribution in [0.4, 0.5) is 14.5 Å². The Labute approximate surface area is 229 Å². The van der Waals surface area contributed by atoms with Gasteiger partial charge in [0, 0.05) is 35.8 Å².